The van der Waals surface area contributed by atoms with E-state index in [1.807, 2.05) is 65.4 Å². The molecule has 10 rings (SSSR count). The highest BCUT2D eigenvalue weighted by Crippen LogP contribution is 2.41. The number of nitrogens with zero attached hydrogens (tertiary/aromatic N) is 4. The number of aliphatic imine (C=N–C) groups is 1. The normalized spacial score (nSPS) is 18.9. The summed E-state index contributed by atoms with van der Waals surface area (Å²) in [6.45, 7) is 7.85. The van der Waals surface area contributed by atoms with Crippen LogP contribution in [0.1, 0.15) is 105 Å². The molecule has 0 saturated carbocycles. The molecule has 0 spiro atoms. The second-order valence-corrected chi connectivity index (χ2v) is 26.0. The molecule has 5 heterocycles. The number of aryl methyl sites for hydroxylation is 2. The number of anilines is 1. The van der Waals surface area contributed by atoms with Gasteiger partial charge in [-0.05, 0) is 134 Å². The lowest BCUT2D eigenvalue weighted by Crippen LogP contribution is -2.44. The summed E-state index contributed by atoms with van der Waals surface area (Å²) in [5.74, 6) is -2.75. The lowest BCUT2D eigenvalue weighted by Gasteiger charge is -2.35. The second-order valence-electron chi connectivity index (χ2n) is 21.1. The van der Waals surface area contributed by atoms with Gasteiger partial charge in [-0.15, -0.1) is 5.06 Å². The zero-order valence-electron chi connectivity index (χ0n) is 45.1. The number of hydroxylamine groups is 2. The molecule has 18 nitrogen and oxygen atoms in total. The van der Waals surface area contributed by atoms with Crippen molar-refractivity contribution >= 4 is 84.8 Å². The highest BCUT2D eigenvalue weighted by atomic mass is 33.1. The van der Waals surface area contributed by atoms with Crippen molar-refractivity contribution in [1.29, 1.82) is 0 Å². The molecule has 21 heteroatoms. The first kappa shape index (κ1) is 56.1. The first-order valence-electron chi connectivity index (χ1n) is 26.3. The molecule has 0 radical (unpaired) electrons. The van der Waals surface area contributed by atoms with Crippen LogP contribution in [0.3, 0.4) is 0 Å². The molecule has 0 aromatic heterocycles. The third kappa shape index (κ3) is 11.7. The maximum Gasteiger partial charge on any atom is 0.353 e. The minimum atomic E-state index is -4.51. The molecule has 80 heavy (non-hydrogen) atoms. The standard InChI is InChI=1S/C59H61N5O13S3/c1-34-19-47-48(60-29-45-25-39-12-8-10-14-42(39)31-63(45)56(47)68)28-49(34)75-32-36-21-37(33-76-51-26-40-15-16-44-24-38-11-7-9-13-41(38)30-62(44)55(67)46(40)27-50(51)73-5)23-43(22-36)61-58(70)59(3,4)79-78-18-17-52(80(71,72)74-6)57(69)77-64-53(65)20-35(2)54(64)66/h7-14,19,21-23,26-29,35,44-45,52H,15-18,20,24-25,30-33H2,1-6H3,(H,61,70)/t35?,44-,45+,52?/m1/s1. The fourth-order valence-electron chi connectivity index (χ4n) is 10.7. The fraction of sp³-hybridized carbons (Fsp3) is 0.373. The average Bonchev–Trinajstić information content (AvgIpc) is 3.52. The maximum absolute atomic E-state index is 14.2. The van der Waals surface area contributed by atoms with Crippen LogP contribution in [-0.4, -0.2) is 107 Å². The van der Waals surface area contributed by atoms with Crippen LogP contribution in [0.2, 0.25) is 0 Å². The summed E-state index contributed by atoms with van der Waals surface area (Å²) in [4.78, 5) is 93.9. The number of hydrogen-bond donors (Lipinski definition) is 1. The Balaban J connectivity index is 0.864. The lowest BCUT2D eigenvalue weighted by molar-refractivity contribution is -0.197. The van der Waals surface area contributed by atoms with E-state index in [-0.39, 0.29) is 55.7 Å². The molecule has 5 amide bonds. The Morgan fingerprint density at radius 2 is 1.43 bits per heavy atom. The van der Waals surface area contributed by atoms with Gasteiger partial charge in [0.25, 0.3) is 33.7 Å². The van der Waals surface area contributed by atoms with E-state index in [4.69, 9.17) is 24.0 Å². The summed E-state index contributed by atoms with van der Waals surface area (Å²) >= 11 is 0. The number of ether oxygens (including phenoxy) is 3. The summed E-state index contributed by atoms with van der Waals surface area (Å²) in [6.07, 6.45) is 4.23. The van der Waals surface area contributed by atoms with E-state index in [1.165, 1.54) is 25.2 Å². The Labute approximate surface area is 472 Å². The molecular weight excluding hydrogens is 1080 g/mol. The Morgan fingerprint density at radius 1 is 0.775 bits per heavy atom. The molecule has 5 aromatic rings. The molecule has 5 aliphatic heterocycles. The third-order valence-corrected chi connectivity index (χ3v) is 20.0. The molecular formula is C59H61N5O13S3. The SMILES string of the molecule is COc1cc2c(cc1OCc1cc(COc3cc4c(cc3C)C(=O)N3Cc5ccccc5C[C@H]3C=N4)cc(NC(=O)C(C)(C)SSCCC(C(=O)ON3C(=O)CC(C)C3=O)S(=O)(=O)OC)c1)CC[C@@H]1Cc3ccccc3CN1C2=O. The van der Waals surface area contributed by atoms with Crippen LogP contribution in [0.15, 0.2) is 96.0 Å². The minimum Gasteiger partial charge on any atom is -0.493 e. The predicted octanol–water partition coefficient (Wildman–Crippen LogP) is 8.64. The highest BCUT2D eigenvalue weighted by molar-refractivity contribution is 8.77. The largest absolute Gasteiger partial charge is 0.493 e. The first-order valence-corrected chi connectivity index (χ1v) is 30.1. The van der Waals surface area contributed by atoms with Crippen molar-refractivity contribution in [2.24, 2.45) is 10.9 Å². The van der Waals surface area contributed by atoms with Crippen LogP contribution in [0.25, 0.3) is 0 Å². The number of amides is 5. The molecule has 5 aliphatic rings. The average molecular weight is 1140 g/mol. The number of carbonyl (C=O) groups is 6. The van der Waals surface area contributed by atoms with Gasteiger partial charge in [-0.2, -0.15) is 8.42 Å². The van der Waals surface area contributed by atoms with E-state index in [0.717, 1.165) is 63.8 Å². The molecule has 5 aromatic carbocycles. The maximum atomic E-state index is 14.2. The molecule has 1 fully saturated rings. The number of imide groups is 1. The smallest absolute Gasteiger partial charge is 0.353 e. The Morgan fingerprint density at radius 3 is 2.09 bits per heavy atom. The fourth-order valence-corrected chi connectivity index (χ4v) is 14.2. The van der Waals surface area contributed by atoms with Crippen molar-refractivity contribution < 1.29 is 60.4 Å². The summed E-state index contributed by atoms with van der Waals surface area (Å²) in [5, 5.41) is 1.48. The van der Waals surface area contributed by atoms with E-state index in [0.29, 0.717) is 81.9 Å². The Bertz CT molecular complexity index is 3480. The van der Waals surface area contributed by atoms with E-state index < -0.39 is 49.7 Å². The zero-order chi connectivity index (χ0) is 56.6. The van der Waals surface area contributed by atoms with Crippen molar-refractivity contribution in [3.63, 3.8) is 0 Å². The van der Waals surface area contributed by atoms with Crippen LogP contribution in [0.4, 0.5) is 11.4 Å². The van der Waals surface area contributed by atoms with Crippen molar-refractivity contribution in [2.75, 3.05) is 25.3 Å². The van der Waals surface area contributed by atoms with E-state index in [9.17, 15) is 37.2 Å². The quantitative estimate of drug-likeness (QED) is 0.0376. The molecule has 1 saturated heterocycles. The molecule has 4 atom stereocenters. The van der Waals surface area contributed by atoms with Crippen LogP contribution >= 0.6 is 21.6 Å². The first-order chi connectivity index (χ1) is 38.3. The highest BCUT2D eigenvalue weighted by Gasteiger charge is 2.43. The van der Waals surface area contributed by atoms with Crippen molar-refractivity contribution in [1.82, 2.24) is 14.9 Å². The zero-order valence-corrected chi connectivity index (χ0v) is 47.6. The van der Waals surface area contributed by atoms with Crippen LogP contribution < -0.4 is 19.5 Å². The van der Waals surface area contributed by atoms with Gasteiger partial charge < -0.3 is 34.2 Å². The van der Waals surface area contributed by atoms with Gasteiger partial charge in [-0.3, -0.25) is 33.1 Å². The Kier molecular flexibility index (Phi) is 16.2. The number of nitrogens with one attached hydrogen (secondary N) is 1. The van der Waals surface area contributed by atoms with Gasteiger partial charge in [-0.1, -0.05) is 77.0 Å². The molecule has 2 unspecified atom stereocenters. The van der Waals surface area contributed by atoms with Gasteiger partial charge in [0.1, 0.15) is 19.0 Å². The van der Waals surface area contributed by atoms with E-state index in [1.54, 1.807) is 38.1 Å². The van der Waals surface area contributed by atoms with Crippen molar-refractivity contribution in [3.05, 3.63) is 147 Å². The summed E-state index contributed by atoms with van der Waals surface area (Å²) < 4.78 is 48.1. The third-order valence-electron chi connectivity index (χ3n) is 15.2. The van der Waals surface area contributed by atoms with Gasteiger partial charge in [0, 0.05) is 60.8 Å². The van der Waals surface area contributed by atoms with Gasteiger partial charge in [0.05, 0.1) is 36.3 Å². The summed E-state index contributed by atoms with van der Waals surface area (Å²) in [7, 11) is 0.195. The number of fused-ring (bicyclic) bond motifs is 6. The number of methoxy groups -OCH3 is 1. The summed E-state index contributed by atoms with van der Waals surface area (Å²) in [6, 6.07) is 29.0. The van der Waals surface area contributed by atoms with Crippen molar-refractivity contribution in [3.8, 4) is 17.2 Å². The predicted molar refractivity (Wildman–Crippen MR) is 302 cm³/mol. The van der Waals surface area contributed by atoms with Gasteiger partial charge in [-0.25, -0.2) is 4.79 Å². The number of hydrogen-bond acceptors (Lipinski definition) is 16. The van der Waals surface area contributed by atoms with E-state index >= 15 is 0 Å². The molecule has 418 valence electrons. The number of benzene rings is 5. The molecule has 1 N–H and O–H groups in total. The second kappa shape index (κ2) is 23.1. The number of carbonyl (C=O) groups excluding carboxylic acids is 6. The van der Waals surface area contributed by atoms with Gasteiger partial charge in [0.2, 0.25) is 5.91 Å². The molecule has 0 aliphatic carbocycles. The minimum absolute atomic E-state index is 0.0262. The van der Waals surface area contributed by atoms with Gasteiger partial charge in [0.15, 0.2) is 16.7 Å². The monoisotopic (exact) mass is 1140 g/mol. The molecule has 0 bridgehead atoms. The number of rotatable bonds is 18. The van der Waals surface area contributed by atoms with Gasteiger partial charge >= 0.3 is 5.97 Å². The van der Waals surface area contributed by atoms with Crippen LogP contribution in [0, 0.1) is 12.8 Å². The summed E-state index contributed by atoms with van der Waals surface area (Å²) in [5.41, 5.74) is 9.63. The Hall–Kier alpha value is -7.20. The van der Waals surface area contributed by atoms with Crippen LogP contribution in [-0.2, 0) is 83.9 Å². The van der Waals surface area contributed by atoms with Crippen LogP contribution in [0.5, 0.6) is 17.2 Å². The lowest BCUT2D eigenvalue weighted by atomic mass is 9.92. The van der Waals surface area contributed by atoms with E-state index in [2.05, 4.69) is 33.8 Å². The van der Waals surface area contributed by atoms with Crippen molar-refractivity contribution in [2.45, 2.75) is 115 Å². The topological polar surface area (TPSA) is 217 Å².